The van der Waals surface area contributed by atoms with Crippen LogP contribution in [0.3, 0.4) is 0 Å². The maximum absolute atomic E-state index is 11.7. The van der Waals surface area contributed by atoms with Gasteiger partial charge in [-0.15, -0.1) is 0 Å². The Balaban J connectivity index is 2.70. The summed E-state index contributed by atoms with van der Waals surface area (Å²) in [5, 5.41) is 6.43. The molecule has 0 saturated carbocycles. The summed E-state index contributed by atoms with van der Waals surface area (Å²) in [5.41, 5.74) is 5.44. The lowest BCUT2D eigenvalue weighted by molar-refractivity contribution is -0.118. The third-order valence-electron chi connectivity index (χ3n) is 2.01. The van der Waals surface area contributed by atoms with Crippen molar-refractivity contribution in [1.82, 2.24) is 14.8 Å². The lowest BCUT2D eigenvalue weighted by Gasteiger charge is -2.12. The van der Waals surface area contributed by atoms with Crippen molar-refractivity contribution in [2.75, 3.05) is 5.32 Å². The molecule has 0 radical (unpaired) electrons. The number of aromatic nitrogens is 3. The van der Waals surface area contributed by atoms with E-state index in [4.69, 9.17) is 18.0 Å². The van der Waals surface area contributed by atoms with Crippen LogP contribution in [-0.2, 0) is 11.8 Å². The number of hydrogen-bond acceptors (Lipinski definition) is 4. The normalized spacial score (nSPS) is 12.1. The Kier molecular flexibility index (Phi) is 3.73. The van der Waals surface area contributed by atoms with E-state index in [-0.39, 0.29) is 10.9 Å². The molecular weight excluding hydrogens is 214 g/mol. The Morgan fingerprint density at radius 2 is 2.47 bits per heavy atom. The van der Waals surface area contributed by atoms with Crippen LogP contribution in [0.4, 0.5) is 5.95 Å². The van der Waals surface area contributed by atoms with Crippen molar-refractivity contribution in [3.8, 4) is 0 Å². The lowest BCUT2D eigenvalue weighted by Crippen LogP contribution is -2.33. The van der Waals surface area contributed by atoms with E-state index in [0.717, 1.165) is 0 Å². The fourth-order valence-corrected chi connectivity index (χ4v) is 1.40. The lowest BCUT2D eigenvalue weighted by atomic mass is 10.1. The highest BCUT2D eigenvalue weighted by atomic mass is 32.1. The summed E-state index contributed by atoms with van der Waals surface area (Å²) in [5.74, 6) is -0.326. The predicted molar refractivity (Wildman–Crippen MR) is 60.2 cm³/mol. The van der Waals surface area contributed by atoms with Crippen molar-refractivity contribution in [1.29, 1.82) is 0 Å². The first-order valence-electron chi connectivity index (χ1n) is 4.50. The molecule has 0 spiro atoms. The van der Waals surface area contributed by atoms with Crippen molar-refractivity contribution < 1.29 is 4.79 Å². The molecule has 1 aromatic heterocycles. The number of aryl methyl sites for hydroxylation is 1. The molecule has 1 amide bonds. The van der Waals surface area contributed by atoms with E-state index < -0.39 is 5.92 Å². The summed E-state index contributed by atoms with van der Waals surface area (Å²) in [6.45, 7) is 1.85. The van der Waals surface area contributed by atoms with E-state index in [1.165, 1.54) is 11.0 Å². The van der Waals surface area contributed by atoms with Crippen molar-refractivity contribution in [2.45, 2.75) is 13.3 Å². The van der Waals surface area contributed by atoms with Crippen molar-refractivity contribution in [3.05, 3.63) is 6.33 Å². The molecule has 0 bridgehead atoms. The van der Waals surface area contributed by atoms with Gasteiger partial charge >= 0.3 is 0 Å². The highest BCUT2D eigenvalue weighted by Gasteiger charge is 2.20. The number of nitrogens with two attached hydrogens (primary N) is 1. The molecule has 1 aromatic rings. The van der Waals surface area contributed by atoms with E-state index in [2.05, 4.69) is 15.4 Å². The van der Waals surface area contributed by atoms with E-state index in [1.807, 2.05) is 6.92 Å². The predicted octanol–water partition coefficient (Wildman–Crippen LogP) is 0.0659. The van der Waals surface area contributed by atoms with Gasteiger partial charge in [0.1, 0.15) is 6.33 Å². The number of carbonyl (C=O) groups excluding carboxylic acids is 1. The molecule has 1 unspecified atom stereocenters. The number of anilines is 1. The zero-order chi connectivity index (χ0) is 11.4. The SMILES string of the molecule is CCC(C(=O)Nc1ncnn1C)C(N)=S. The molecule has 15 heavy (non-hydrogen) atoms. The maximum Gasteiger partial charge on any atom is 0.236 e. The second kappa shape index (κ2) is 4.83. The largest absolute Gasteiger partial charge is 0.393 e. The van der Waals surface area contributed by atoms with Crippen LogP contribution in [0.2, 0.25) is 0 Å². The maximum atomic E-state index is 11.7. The number of thiocarbonyl (C=S) groups is 1. The van der Waals surface area contributed by atoms with Gasteiger partial charge < -0.3 is 5.73 Å². The van der Waals surface area contributed by atoms with E-state index in [1.54, 1.807) is 7.05 Å². The van der Waals surface area contributed by atoms with Crippen LogP contribution >= 0.6 is 12.2 Å². The topological polar surface area (TPSA) is 85.8 Å². The quantitative estimate of drug-likeness (QED) is 0.711. The monoisotopic (exact) mass is 227 g/mol. The summed E-state index contributed by atoms with van der Waals surface area (Å²) in [4.78, 5) is 15.7. The Morgan fingerprint density at radius 1 is 1.80 bits per heavy atom. The number of carbonyl (C=O) groups is 1. The summed E-state index contributed by atoms with van der Waals surface area (Å²) in [6, 6.07) is 0. The molecule has 0 aliphatic carbocycles. The highest BCUT2D eigenvalue weighted by Crippen LogP contribution is 2.07. The van der Waals surface area contributed by atoms with Gasteiger partial charge in [0.15, 0.2) is 0 Å². The number of rotatable bonds is 4. The molecule has 0 aliphatic rings. The van der Waals surface area contributed by atoms with Gasteiger partial charge in [0.25, 0.3) is 0 Å². The summed E-state index contributed by atoms with van der Waals surface area (Å²) in [7, 11) is 1.68. The fraction of sp³-hybridized carbons (Fsp3) is 0.500. The fourth-order valence-electron chi connectivity index (χ4n) is 1.12. The minimum Gasteiger partial charge on any atom is -0.393 e. The summed E-state index contributed by atoms with van der Waals surface area (Å²) >= 11 is 4.79. The van der Waals surface area contributed by atoms with Gasteiger partial charge in [-0.1, -0.05) is 19.1 Å². The Hall–Kier alpha value is -1.50. The molecule has 82 valence electrons. The number of nitrogens with one attached hydrogen (secondary N) is 1. The smallest absolute Gasteiger partial charge is 0.236 e. The van der Waals surface area contributed by atoms with E-state index in [9.17, 15) is 4.79 Å². The molecule has 1 heterocycles. The first-order chi connectivity index (χ1) is 7.06. The Morgan fingerprint density at radius 3 is 2.87 bits per heavy atom. The second-order valence-corrected chi connectivity index (χ2v) is 3.53. The molecule has 0 fully saturated rings. The summed E-state index contributed by atoms with van der Waals surface area (Å²) < 4.78 is 1.46. The van der Waals surface area contributed by atoms with Gasteiger partial charge in [0.2, 0.25) is 11.9 Å². The Labute approximate surface area is 92.9 Å². The van der Waals surface area contributed by atoms with Crippen LogP contribution in [0.5, 0.6) is 0 Å². The standard InChI is InChI=1S/C8H13N5OS/c1-3-5(6(9)15)7(14)12-8-10-4-11-13(8)2/h4-5H,3H2,1-2H3,(H2,9,15)(H,10,11,12,14). The van der Waals surface area contributed by atoms with Crippen LogP contribution in [-0.4, -0.2) is 25.7 Å². The molecule has 3 N–H and O–H groups in total. The van der Waals surface area contributed by atoms with Gasteiger partial charge in [-0.3, -0.25) is 10.1 Å². The van der Waals surface area contributed by atoms with Crippen LogP contribution < -0.4 is 11.1 Å². The van der Waals surface area contributed by atoms with Gasteiger partial charge in [-0.05, 0) is 6.42 Å². The molecule has 6 nitrogen and oxygen atoms in total. The zero-order valence-electron chi connectivity index (χ0n) is 8.60. The molecule has 0 aliphatic heterocycles. The third kappa shape index (κ3) is 2.72. The van der Waals surface area contributed by atoms with Gasteiger partial charge in [-0.2, -0.15) is 10.1 Å². The van der Waals surface area contributed by atoms with Crippen molar-refractivity contribution in [2.24, 2.45) is 18.7 Å². The minimum absolute atomic E-state index is 0.192. The number of amides is 1. The van der Waals surface area contributed by atoms with Crippen molar-refractivity contribution >= 4 is 29.1 Å². The van der Waals surface area contributed by atoms with Gasteiger partial charge in [-0.25, -0.2) is 4.68 Å². The number of hydrogen-bond donors (Lipinski definition) is 2. The molecule has 7 heteroatoms. The van der Waals surface area contributed by atoms with Crippen LogP contribution in [0.25, 0.3) is 0 Å². The van der Waals surface area contributed by atoms with Gasteiger partial charge in [0, 0.05) is 7.05 Å². The zero-order valence-corrected chi connectivity index (χ0v) is 9.41. The Bertz CT molecular complexity index is 375. The highest BCUT2D eigenvalue weighted by molar-refractivity contribution is 7.80. The van der Waals surface area contributed by atoms with E-state index >= 15 is 0 Å². The van der Waals surface area contributed by atoms with Gasteiger partial charge in [0.05, 0.1) is 10.9 Å². The molecule has 1 rings (SSSR count). The average Bonchev–Trinajstić information content (AvgIpc) is 2.52. The minimum atomic E-state index is -0.461. The van der Waals surface area contributed by atoms with Crippen LogP contribution in [0, 0.1) is 5.92 Å². The molecular formula is C8H13N5OS. The molecule has 1 atom stereocenters. The number of nitrogens with zero attached hydrogens (tertiary/aromatic N) is 3. The third-order valence-corrected chi connectivity index (χ3v) is 2.30. The first kappa shape index (κ1) is 11.6. The first-order valence-corrected chi connectivity index (χ1v) is 4.91. The molecule has 0 aromatic carbocycles. The molecule has 0 saturated heterocycles. The van der Waals surface area contributed by atoms with Crippen molar-refractivity contribution in [3.63, 3.8) is 0 Å². The van der Waals surface area contributed by atoms with Crippen LogP contribution in [0.15, 0.2) is 6.33 Å². The summed E-state index contributed by atoms with van der Waals surface area (Å²) in [6.07, 6.45) is 1.93. The average molecular weight is 227 g/mol. The van der Waals surface area contributed by atoms with Crippen LogP contribution in [0.1, 0.15) is 13.3 Å². The van der Waals surface area contributed by atoms with E-state index in [0.29, 0.717) is 12.4 Å². The second-order valence-electron chi connectivity index (χ2n) is 3.06.